The summed E-state index contributed by atoms with van der Waals surface area (Å²) in [5.74, 6) is -0.309. The molecular formula is C10H8BrClF2O2. The van der Waals surface area contributed by atoms with Crippen LogP contribution < -0.4 is 4.74 Å². The van der Waals surface area contributed by atoms with Crippen molar-refractivity contribution in [1.29, 1.82) is 0 Å². The summed E-state index contributed by atoms with van der Waals surface area (Å²) in [6, 6.07) is 4.43. The zero-order chi connectivity index (χ0) is 12.3. The van der Waals surface area contributed by atoms with Gasteiger partial charge in [0.15, 0.2) is 5.78 Å². The topological polar surface area (TPSA) is 26.3 Å². The van der Waals surface area contributed by atoms with Gasteiger partial charge in [0.2, 0.25) is 0 Å². The molecule has 0 aromatic heterocycles. The first-order valence-electron chi connectivity index (χ1n) is 4.31. The van der Waals surface area contributed by atoms with Crippen LogP contribution in [-0.4, -0.2) is 12.4 Å². The maximum absolute atomic E-state index is 12.0. The predicted molar refractivity (Wildman–Crippen MR) is 60.0 cm³/mol. The summed E-state index contributed by atoms with van der Waals surface area (Å²) in [5, 5.41) is -0.879. The number of ether oxygens (including phenoxy) is 1. The van der Waals surface area contributed by atoms with E-state index in [1.807, 2.05) is 0 Å². The summed E-state index contributed by atoms with van der Waals surface area (Å²) < 4.78 is 28.6. The zero-order valence-electron chi connectivity index (χ0n) is 8.22. The standard InChI is InChI=1S/C10H8BrClF2O2/c1-5(15)9(12)6-3-2-4-7(8(6)11)16-10(13)14/h2-4,9-10H,1H3. The Morgan fingerprint density at radius 1 is 1.50 bits per heavy atom. The molecule has 6 heteroatoms. The van der Waals surface area contributed by atoms with Gasteiger partial charge in [-0.2, -0.15) is 8.78 Å². The van der Waals surface area contributed by atoms with E-state index in [0.717, 1.165) is 0 Å². The molecule has 0 aliphatic heterocycles. The van der Waals surface area contributed by atoms with Crippen LogP contribution in [0, 0.1) is 0 Å². The lowest BCUT2D eigenvalue weighted by Gasteiger charge is -2.12. The first kappa shape index (κ1) is 13.4. The second-order valence-corrected chi connectivity index (χ2v) is 4.24. The van der Waals surface area contributed by atoms with Crippen molar-refractivity contribution >= 4 is 33.3 Å². The van der Waals surface area contributed by atoms with Gasteiger partial charge in [0.05, 0.1) is 4.47 Å². The van der Waals surface area contributed by atoms with E-state index >= 15 is 0 Å². The molecule has 1 aromatic rings. The van der Waals surface area contributed by atoms with Crippen LogP contribution in [0.5, 0.6) is 5.75 Å². The Bertz CT molecular complexity index is 398. The smallest absolute Gasteiger partial charge is 0.387 e. The number of carbonyl (C=O) groups excluding carboxylic acids is 1. The molecule has 0 amide bonds. The van der Waals surface area contributed by atoms with Gasteiger partial charge in [0, 0.05) is 0 Å². The SMILES string of the molecule is CC(=O)C(Cl)c1cccc(OC(F)F)c1Br. The van der Waals surface area contributed by atoms with Gasteiger partial charge in [-0.15, -0.1) is 11.6 Å². The van der Waals surface area contributed by atoms with Crippen molar-refractivity contribution in [2.24, 2.45) is 0 Å². The van der Waals surface area contributed by atoms with Crippen molar-refractivity contribution in [3.63, 3.8) is 0 Å². The highest BCUT2D eigenvalue weighted by Crippen LogP contribution is 2.36. The Labute approximate surface area is 105 Å². The van der Waals surface area contributed by atoms with Crippen molar-refractivity contribution < 1.29 is 18.3 Å². The van der Waals surface area contributed by atoms with Crippen LogP contribution in [0.1, 0.15) is 17.9 Å². The van der Waals surface area contributed by atoms with Gasteiger partial charge >= 0.3 is 6.61 Å². The Balaban J connectivity index is 3.08. The zero-order valence-corrected chi connectivity index (χ0v) is 10.6. The Morgan fingerprint density at radius 2 is 2.12 bits per heavy atom. The molecule has 0 aliphatic rings. The van der Waals surface area contributed by atoms with E-state index in [1.165, 1.54) is 19.1 Å². The summed E-state index contributed by atoms with van der Waals surface area (Å²) in [5.41, 5.74) is 0.410. The van der Waals surface area contributed by atoms with Crippen LogP contribution in [-0.2, 0) is 4.79 Å². The van der Waals surface area contributed by atoms with E-state index in [0.29, 0.717) is 5.56 Å². The molecule has 1 rings (SSSR count). The number of hydrogen-bond donors (Lipinski definition) is 0. The first-order chi connectivity index (χ1) is 7.43. The molecule has 0 saturated heterocycles. The van der Waals surface area contributed by atoms with Gasteiger partial charge in [-0.25, -0.2) is 0 Å². The van der Waals surface area contributed by atoms with Crippen molar-refractivity contribution in [2.75, 3.05) is 0 Å². The number of hydrogen-bond acceptors (Lipinski definition) is 2. The third kappa shape index (κ3) is 3.15. The van der Waals surface area contributed by atoms with E-state index in [1.54, 1.807) is 6.07 Å². The molecule has 0 N–H and O–H groups in total. The van der Waals surface area contributed by atoms with Gasteiger partial charge in [-0.3, -0.25) is 4.79 Å². The maximum Gasteiger partial charge on any atom is 0.387 e. The average Bonchev–Trinajstić information content (AvgIpc) is 2.19. The molecule has 0 fully saturated rings. The molecule has 1 aromatic carbocycles. The van der Waals surface area contributed by atoms with E-state index in [4.69, 9.17) is 11.6 Å². The van der Waals surface area contributed by atoms with E-state index in [-0.39, 0.29) is 16.0 Å². The second-order valence-electron chi connectivity index (χ2n) is 3.01. The molecule has 0 saturated carbocycles. The quantitative estimate of drug-likeness (QED) is 0.788. The van der Waals surface area contributed by atoms with Crippen LogP contribution in [0.2, 0.25) is 0 Å². The molecule has 0 heterocycles. The number of alkyl halides is 3. The van der Waals surface area contributed by atoms with Crippen molar-refractivity contribution in [1.82, 2.24) is 0 Å². The molecule has 0 radical (unpaired) electrons. The third-order valence-corrected chi connectivity index (χ3v) is 3.23. The summed E-state index contributed by atoms with van der Waals surface area (Å²) in [7, 11) is 0. The van der Waals surface area contributed by atoms with Crippen molar-refractivity contribution in [3.05, 3.63) is 28.2 Å². The minimum absolute atomic E-state index is 0.0422. The highest BCUT2D eigenvalue weighted by atomic mass is 79.9. The van der Waals surface area contributed by atoms with Crippen LogP contribution in [0.25, 0.3) is 0 Å². The molecule has 2 nitrogen and oxygen atoms in total. The predicted octanol–water partition coefficient (Wildman–Crippen LogP) is 3.92. The Kier molecular flexibility index (Phi) is 4.68. The van der Waals surface area contributed by atoms with Crippen LogP contribution in [0.3, 0.4) is 0 Å². The number of halogens is 4. The molecule has 0 aliphatic carbocycles. The van der Waals surface area contributed by atoms with Gasteiger partial charge in [0.1, 0.15) is 11.1 Å². The van der Waals surface area contributed by atoms with Crippen LogP contribution >= 0.6 is 27.5 Å². The summed E-state index contributed by atoms with van der Waals surface area (Å²) in [6.07, 6.45) is 0. The lowest BCUT2D eigenvalue weighted by molar-refractivity contribution is -0.116. The highest BCUT2D eigenvalue weighted by Gasteiger charge is 2.19. The summed E-state index contributed by atoms with van der Waals surface area (Å²) in [6.45, 7) is -1.59. The molecular weight excluding hydrogens is 305 g/mol. The number of benzene rings is 1. The molecule has 16 heavy (non-hydrogen) atoms. The van der Waals surface area contributed by atoms with Gasteiger partial charge in [-0.05, 0) is 34.5 Å². The number of ketones is 1. The molecule has 1 unspecified atom stereocenters. The Morgan fingerprint density at radius 3 is 2.62 bits per heavy atom. The highest BCUT2D eigenvalue weighted by molar-refractivity contribution is 9.10. The fraction of sp³-hybridized carbons (Fsp3) is 0.300. The second kappa shape index (κ2) is 5.59. The molecule has 0 bridgehead atoms. The lowest BCUT2D eigenvalue weighted by atomic mass is 10.1. The largest absolute Gasteiger partial charge is 0.434 e. The van der Waals surface area contributed by atoms with Crippen LogP contribution in [0.15, 0.2) is 22.7 Å². The maximum atomic E-state index is 12.0. The minimum atomic E-state index is -2.92. The third-order valence-electron chi connectivity index (χ3n) is 1.84. The van der Waals surface area contributed by atoms with Crippen LogP contribution in [0.4, 0.5) is 8.78 Å². The van der Waals surface area contributed by atoms with E-state index in [9.17, 15) is 13.6 Å². The van der Waals surface area contributed by atoms with E-state index < -0.39 is 12.0 Å². The van der Waals surface area contributed by atoms with E-state index in [2.05, 4.69) is 20.7 Å². The van der Waals surface area contributed by atoms with Gasteiger partial charge < -0.3 is 4.74 Å². The van der Waals surface area contributed by atoms with Gasteiger partial charge in [-0.1, -0.05) is 12.1 Å². The molecule has 0 spiro atoms. The van der Waals surface area contributed by atoms with Crippen molar-refractivity contribution in [3.8, 4) is 5.75 Å². The molecule has 88 valence electrons. The number of Topliss-reactive ketones (excluding diaryl/α,β-unsaturated/α-hetero) is 1. The fourth-order valence-corrected chi connectivity index (χ4v) is 2.03. The lowest BCUT2D eigenvalue weighted by Crippen LogP contribution is -2.06. The normalized spacial score (nSPS) is 12.6. The van der Waals surface area contributed by atoms with Gasteiger partial charge in [0.25, 0.3) is 0 Å². The Hall–Kier alpha value is -0.680. The minimum Gasteiger partial charge on any atom is -0.434 e. The fourth-order valence-electron chi connectivity index (χ4n) is 1.13. The average molecular weight is 314 g/mol. The number of carbonyl (C=O) groups is 1. The number of rotatable bonds is 4. The monoisotopic (exact) mass is 312 g/mol. The summed E-state index contributed by atoms with van der Waals surface area (Å²) in [4.78, 5) is 11.1. The van der Waals surface area contributed by atoms with Crippen molar-refractivity contribution in [2.45, 2.75) is 18.9 Å². The first-order valence-corrected chi connectivity index (χ1v) is 5.54. The molecule has 1 atom stereocenters. The summed E-state index contributed by atoms with van der Waals surface area (Å²) >= 11 is 8.92.